The minimum atomic E-state index is -3.80. The first kappa shape index (κ1) is 24.0. The van der Waals surface area contributed by atoms with Gasteiger partial charge in [-0.2, -0.15) is 4.31 Å². The van der Waals surface area contributed by atoms with Gasteiger partial charge in [-0.25, -0.2) is 8.42 Å². The van der Waals surface area contributed by atoms with Gasteiger partial charge in [0, 0.05) is 37.4 Å². The SMILES string of the molecule is CCN(CC)c1ccc([C@@H]2N(C(=O)c3ccc(C)cc3)CCN2S(=O)(=O)c2ccccc2)cc1. The van der Waals surface area contributed by atoms with Gasteiger partial charge in [-0.15, -0.1) is 0 Å². The van der Waals surface area contributed by atoms with E-state index in [0.717, 1.165) is 29.9 Å². The van der Waals surface area contributed by atoms with Crippen molar-refractivity contribution in [1.29, 1.82) is 0 Å². The second-order valence-corrected chi connectivity index (χ2v) is 10.3. The minimum absolute atomic E-state index is 0.177. The second-order valence-electron chi connectivity index (χ2n) is 8.43. The van der Waals surface area contributed by atoms with E-state index in [-0.39, 0.29) is 17.3 Å². The Morgan fingerprint density at radius 2 is 1.50 bits per heavy atom. The average molecular weight is 478 g/mol. The smallest absolute Gasteiger partial charge is 0.255 e. The van der Waals surface area contributed by atoms with Gasteiger partial charge in [0.15, 0.2) is 0 Å². The van der Waals surface area contributed by atoms with Crippen molar-refractivity contribution < 1.29 is 13.2 Å². The van der Waals surface area contributed by atoms with Crippen molar-refractivity contribution in [2.24, 2.45) is 0 Å². The van der Waals surface area contributed by atoms with Crippen LogP contribution < -0.4 is 4.90 Å². The molecule has 6 nitrogen and oxygen atoms in total. The molecule has 0 aromatic heterocycles. The molecule has 0 radical (unpaired) electrons. The van der Waals surface area contributed by atoms with Crippen molar-refractivity contribution in [2.75, 3.05) is 31.1 Å². The van der Waals surface area contributed by atoms with Crippen molar-refractivity contribution in [3.8, 4) is 0 Å². The monoisotopic (exact) mass is 477 g/mol. The lowest BCUT2D eigenvalue weighted by Gasteiger charge is -2.31. The van der Waals surface area contributed by atoms with Crippen LogP contribution in [0.25, 0.3) is 0 Å². The zero-order valence-corrected chi connectivity index (χ0v) is 20.7. The van der Waals surface area contributed by atoms with Gasteiger partial charge in [0.05, 0.1) is 4.90 Å². The van der Waals surface area contributed by atoms with E-state index in [4.69, 9.17) is 0 Å². The number of aryl methyl sites for hydroxylation is 1. The highest BCUT2D eigenvalue weighted by atomic mass is 32.2. The maximum absolute atomic E-state index is 13.6. The van der Waals surface area contributed by atoms with Crippen LogP contribution in [0.4, 0.5) is 5.69 Å². The molecule has 1 heterocycles. The van der Waals surface area contributed by atoms with Crippen LogP contribution in [0.5, 0.6) is 0 Å². The molecule has 0 spiro atoms. The van der Waals surface area contributed by atoms with Gasteiger partial charge in [-0.1, -0.05) is 48.0 Å². The van der Waals surface area contributed by atoms with Crippen LogP contribution in [-0.4, -0.2) is 49.7 Å². The second kappa shape index (κ2) is 9.99. The molecule has 34 heavy (non-hydrogen) atoms. The zero-order chi connectivity index (χ0) is 24.3. The summed E-state index contributed by atoms with van der Waals surface area (Å²) in [4.78, 5) is 17.6. The van der Waals surface area contributed by atoms with Crippen LogP contribution in [0.15, 0.2) is 83.8 Å². The molecule has 4 rings (SSSR count). The third-order valence-corrected chi connectivity index (χ3v) is 8.23. The Morgan fingerprint density at radius 1 is 0.882 bits per heavy atom. The van der Waals surface area contributed by atoms with Gasteiger partial charge in [0.1, 0.15) is 6.17 Å². The summed E-state index contributed by atoms with van der Waals surface area (Å²) >= 11 is 0. The van der Waals surface area contributed by atoms with E-state index in [2.05, 4.69) is 18.7 Å². The first-order valence-corrected chi connectivity index (χ1v) is 13.1. The molecule has 1 fully saturated rings. The molecule has 3 aromatic rings. The van der Waals surface area contributed by atoms with Crippen molar-refractivity contribution >= 4 is 21.6 Å². The molecule has 1 saturated heterocycles. The molecule has 0 saturated carbocycles. The largest absolute Gasteiger partial charge is 0.372 e. The minimum Gasteiger partial charge on any atom is -0.372 e. The first-order chi connectivity index (χ1) is 16.4. The summed E-state index contributed by atoms with van der Waals surface area (Å²) in [6.07, 6.45) is -0.718. The van der Waals surface area contributed by atoms with E-state index in [1.165, 1.54) is 4.31 Å². The number of benzene rings is 3. The Labute approximate surface area is 202 Å². The predicted molar refractivity (Wildman–Crippen MR) is 135 cm³/mol. The molecule has 3 aromatic carbocycles. The maximum atomic E-state index is 13.6. The van der Waals surface area contributed by atoms with Crippen molar-refractivity contribution in [2.45, 2.75) is 31.8 Å². The van der Waals surface area contributed by atoms with E-state index in [9.17, 15) is 13.2 Å². The molecule has 1 amide bonds. The summed E-state index contributed by atoms with van der Waals surface area (Å²) in [5.74, 6) is -0.177. The van der Waals surface area contributed by atoms with Crippen molar-refractivity contribution in [3.05, 3.63) is 95.6 Å². The number of carbonyl (C=O) groups is 1. The highest BCUT2D eigenvalue weighted by Crippen LogP contribution is 2.36. The van der Waals surface area contributed by atoms with Crippen LogP contribution in [-0.2, 0) is 10.0 Å². The fraction of sp³-hybridized carbons (Fsp3) is 0.296. The Hall–Kier alpha value is -3.16. The molecular weight excluding hydrogens is 446 g/mol. The van der Waals surface area contributed by atoms with Gasteiger partial charge in [0.25, 0.3) is 5.91 Å². The lowest BCUT2D eigenvalue weighted by Crippen LogP contribution is -2.38. The van der Waals surface area contributed by atoms with Gasteiger partial charge >= 0.3 is 0 Å². The summed E-state index contributed by atoms with van der Waals surface area (Å²) < 4.78 is 28.7. The summed E-state index contributed by atoms with van der Waals surface area (Å²) in [5.41, 5.74) is 3.46. The summed E-state index contributed by atoms with van der Waals surface area (Å²) in [7, 11) is -3.80. The van der Waals surface area contributed by atoms with Gasteiger partial charge < -0.3 is 9.80 Å². The third-order valence-electron chi connectivity index (χ3n) is 6.36. The van der Waals surface area contributed by atoms with E-state index in [1.54, 1.807) is 47.4 Å². The summed E-state index contributed by atoms with van der Waals surface area (Å²) in [6, 6.07) is 23.7. The predicted octanol–water partition coefficient (Wildman–Crippen LogP) is 4.69. The fourth-order valence-corrected chi connectivity index (χ4v) is 6.04. The normalized spacial score (nSPS) is 16.6. The molecule has 1 atom stereocenters. The van der Waals surface area contributed by atoms with Gasteiger partial charge in [-0.3, -0.25) is 4.79 Å². The molecule has 1 aliphatic rings. The van der Waals surface area contributed by atoms with Gasteiger partial charge in [-0.05, 0) is 62.7 Å². The number of carbonyl (C=O) groups excluding carboxylic acids is 1. The van der Waals surface area contributed by atoms with Crippen molar-refractivity contribution in [1.82, 2.24) is 9.21 Å². The number of hydrogen-bond acceptors (Lipinski definition) is 4. The van der Waals surface area contributed by atoms with Crippen LogP contribution >= 0.6 is 0 Å². The molecule has 0 aliphatic carbocycles. The topological polar surface area (TPSA) is 60.9 Å². The Kier molecular flexibility index (Phi) is 7.05. The maximum Gasteiger partial charge on any atom is 0.255 e. The van der Waals surface area contributed by atoms with E-state index in [0.29, 0.717) is 12.1 Å². The molecule has 178 valence electrons. The van der Waals surface area contributed by atoms with Crippen LogP contribution in [0.1, 0.15) is 41.5 Å². The number of amides is 1. The number of hydrogen-bond donors (Lipinski definition) is 0. The summed E-state index contributed by atoms with van der Waals surface area (Å²) in [6.45, 7) is 8.49. The standard InChI is InChI=1S/C27H31N3O3S/c1-4-28(5-2)24-17-15-22(16-18-24)26-29(27(31)23-13-11-21(3)12-14-23)19-20-30(26)34(32,33)25-9-7-6-8-10-25/h6-18,26H,4-5,19-20H2,1-3H3/t26-/m1/s1. The van der Waals surface area contributed by atoms with E-state index >= 15 is 0 Å². The lowest BCUT2D eigenvalue weighted by molar-refractivity contribution is 0.0693. The van der Waals surface area contributed by atoms with Crippen LogP contribution in [0, 0.1) is 6.92 Å². The van der Waals surface area contributed by atoms with Crippen LogP contribution in [0.2, 0.25) is 0 Å². The molecule has 0 N–H and O–H groups in total. The molecular formula is C27H31N3O3S. The molecule has 7 heteroatoms. The Balaban J connectivity index is 1.75. The number of sulfonamides is 1. The highest BCUT2D eigenvalue weighted by molar-refractivity contribution is 7.89. The van der Waals surface area contributed by atoms with Gasteiger partial charge in [0.2, 0.25) is 10.0 Å². The lowest BCUT2D eigenvalue weighted by atomic mass is 10.1. The quantitative estimate of drug-likeness (QED) is 0.496. The van der Waals surface area contributed by atoms with Crippen LogP contribution in [0.3, 0.4) is 0 Å². The van der Waals surface area contributed by atoms with E-state index in [1.807, 2.05) is 43.3 Å². The Morgan fingerprint density at radius 3 is 2.09 bits per heavy atom. The number of nitrogens with zero attached hydrogens (tertiary/aromatic N) is 3. The molecule has 1 aliphatic heterocycles. The Bertz CT molecular complexity index is 1220. The highest BCUT2D eigenvalue weighted by Gasteiger charge is 2.43. The third kappa shape index (κ3) is 4.58. The first-order valence-electron chi connectivity index (χ1n) is 11.7. The zero-order valence-electron chi connectivity index (χ0n) is 19.9. The average Bonchev–Trinajstić information content (AvgIpc) is 3.32. The number of rotatable bonds is 7. The molecule has 0 unspecified atom stereocenters. The van der Waals surface area contributed by atoms with E-state index < -0.39 is 16.2 Å². The fourth-order valence-electron chi connectivity index (χ4n) is 4.45. The summed E-state index contributed by atoms with van der Waals surface area (Å²) in [5, 5.41) is 0. The number of anilines is 1. The van der Waals surface area contributed by atoms with Crippen molar-refractivity contribution in [3.63, 3.8) is 0 Å². The molecule has 0 bridgehead atoms.